The summed E-state index contributed by atoms with van der Waals surface area (Å²) in [5, 5.41) is 1.43. The van der Waals surface area contributed by atoms with E-state index >= 15 is 0 Å². The van der Waals surface area contributed by atoms with E-state index in [2.05, 4.69) is 51.1 Å². The second-order valence-electron chi connectivity index (χ2n) is 6.92. The Morgan fingerprint density at radius 3 is 2.18 bits per heavy atom. The van der Waals surface area contributed by atoms with Gasteiger partial charge < -0.3 is 8.83 Å². The molecule has 0 N–H and O–H groups in total. The molecular weight excluding hydrogens is 291 g/mol. The molecule has 0 fully saturated rings. The fourth-order valence-corrected chi connectivity index (χ4v) is 5.05. The van der Waals surface area contributed by atoms with Gasteiger partial charge in [0.05, 0.1) is 20.4 Å². The summed E-state index contributed by atoms with van der Waals surface area (Å²) in [4.78, 5) is 0. The van der Waals surface area contributed by atoms with Crippen LogP contribution in [0.5, 0.6) is 0 Å². The maximum atomic E-state index is 5.73. The van der Waals surface area contributed by atoms with E-state index in [1.807, 2.05) is 12.1 Å². The van der Waals surface area contributed by atoms with Crippen molar-refractivity contribution in [2.75, 3.05) is 0 Å². The van der Waals surface area contributed by atoms with Gasteiger partial charge in [-0.15, -0.1) is 0 Å². The molecular formula is C19H23O2P. The molecule has 2 aromatic heterocycles. The third-order valence-corrected chi connectivity index (χ3v) is 6.29. The molecule has 0 saturated carbocycles. The van der Waals surface area contributed by atoms with E-state index in [9.17, 15) is 0 Å². The van der Waals surface area contributed by atoms with Gasteiger partial charge in [-0.05, 0) is 47.8 Å². The molecule has 0 aliphatic heterocycles. The van der Waals surface area contributed by atoms with Crippen LogP contribution in [-0.2, 0) is 0 Å². The first-order chi connectivity index (χ1) is 10.5. The van der Waals surface area contributed by atoms with Gasteiger partial charge in [0.15, 0.2) is 0 Å². The molecule has 0 bridgehead atoms. The van der Waals surface area contributed by atoms with Crippen LogP contribution in [0.25, 0.3) is 0 Å². The third-order valence-electron chi connectivity index (χ3n) is 3.91. The molecule has 0 radical (unpaired) electrons. The topological polar surface area (TPSA) is 26.3 Å². The quantitative estimate of drug-likeness (QED) is 0.709. The minimum Gasteiger partial charge on any atom is -0.464 e. The average Bonchev–Trinajstić information content (AvgIpc) is 3.20. The Morgan fingerprint density at radius 1 is 1.05 bits per heavy atom. The van der Waals surface area contributed by atoms with Crippen molar-refractivity contribution in [3.8, 4) is 0 Å². The van der Waals surface area contributed by atoms with E-state index in [1.165, 1.54) is 18.2 Å². The van der Waals surface area contributed by atoms with Gasteiger partial charge in [-0.1, -0.05) is 39.0 Å². The Kier molecular flexibility index (Phi) is 4.40. The molecule has 2 aromatic rings. The lowest BCUT2D eigenvalue weighted by Gasteiger charge is -2.24. The zero-order valence-corrected chi connectivity index (χ0v) is 14.3. The maximum Gasteiger partial charge on any atom is 0.137 e. The van der Waals surface area contributed by atoms with Crippen molar-refractivity contribution in [1.29, 1.82) is 0 Å². The molecule has 3 rings (SSSR count). The van der Waals surface area contributed by atoms with Crippen molar-refractivity contribution in [3.63, 3.8) is 0 Å². The minimum atomic E-state index is -0.699. The Morgan fingerprint density at radius 2 is 1.68 bits per heavy atom. The van der Waals surface area contributed by atoms with Crippen LogP contribution in [-0.4, -0.2) is 0 Å². The summed E-state index contributed by atoms with van der Waals surface area (Å²) in [6.07, 6.45) is 12.6. The van der Waals surface area contributed by atoms with E-state index < -0.39 is 7.92 Å². The monoisotopic (exact) mass is 314 g/mol. The highest BCUT2D eigenvalue weighted by Crippen LogP contribution is 2.50. The number of hydrogen-bond acceptors (Lipinski definition) is 2. The number of hydrogen-bond donors (Lipinski definition) is 0. The Labute approximate surface area is 133 Å². The molecule has 116 valence electrons. The van der Waals surface area contributed by atoms with Crippen molar-refractivity contribution >= 4 is 18.9 Å². The molecule has 2 heterocycles. The summed E-state index contributed by atoms with van der Waals surface area (Å²) in [6.45, 7) is 6.91. The summed E-state index contributed by atoms with van der Waals surface area (Å²) in [7, 11) is -0.699. The van der Waals surface area contributed by atoms with Gasteiger partial charge in [0.2, 0.25) is 0 Å². The zero-order valence-electron chi connectivity index (χ0n) is 13.5. The summed E-state index contributed by atoms with van der Waals surface area (Å²) in [5.74, 6) is 0.487. The molecule has 1 aliphatic rings. The molecule has 2 nitrogen and oxygen atoms in total. The highest BCUT2D eigenvalue weighted by atomic mass is 31.1. The summed E-state index contributed by atoms with van der Waals surface area (Å²) < 4.78 is 11.5. The van der Waals surface area contributed by atoms with Crippen LogP contribution in [0.1, 0.15) is 33.6 Å². The van der Waals surface area contributed by atoms with Gasteiger partial charge in [0.1, 0.15) is 11.0 Å². The third kappa shape index (κ3) is 3.44. The Hall–Kier alpha value is -1.53. The first-order valence-electron chi connectivity index (χ1n) is 7.80. The van der Waals surface area contributed by atoms with E-state index in [0.29, 0.717) is 11.3 Å². The Balaban J connectivity index is 1.85. The van der Waals surface area contributed by atoms with Crippen LogP contribution in [0.15, 0.2) is 69.2 Å². The van der Waals surface area contributed by atoms with Gasteiger partial charge in [-0.3, -0.25) is 0 Å². The van der Waals surface area contributed by atoms with Crippen molar-refractivity contribution in [1.82, 2.24) is 0 Å². The van der Waals surface area contributed by atoms with E-state index in [1.54, 1.807) is 12.5 Å². The van der Waals surface area contributed by atoms with Gasteiger partial charge in [0, 0.05) is 5.92 Å². The molecule has 0 amide bonds. The zero-order chi connectivity index (χ0) is 15.6. The first-order valence-corrected chi connectivity index (χ1v) is 9.14. The lowest BCUT2D eigenvalue weighted by molar-refractivity contribution is 0.353. The predicted molar refractivity (Wildman–Crippen MR) is 93.0 cm³/mol. The molecule has 1 unspecified atom stereocenters. The molecule has 22 heavy (non-hydrogen) atoms. The largest absolute Gasteiger partial charge is 0.464 e. The van der Waals surface area contributed by atoms with E-state index in [4.69, 9.17) is 8.83 Å². The van der Waals surface area contributed by atoms with Crippen LogP contribution >= 0.6 is 7.92 Å². The molecule has 0 spiro atoms. The average molecular weight is 314 g/mol. The summed E-state index contributed by atoms with van der Waals surface area (Å²) >= 11 is 0. The molecule has 3 heteroatoms. The maximum absolute atomic E-state index is 5.73. The van der Waals surface area contributed by atoms with Gasteiger partial charge in [-0.25, -0.2) is 0 Å². The number of allylic oxidation sites excluding steroid dienone is 4. The normalized spacial score (nSPS) is 18.2. The molecule has 1 atom stereocenters. The summed E-state index contributed by atoms with van der Waals surface area (Å²) in [5.41, 5.74) is 2.39. The van der Waals surface area contributed by atoms with Crippen molar-refractivity contribution in [2.45, 2.75) is 33.6 Å². The number of furan rings is 2. The minimum absolute atomic E-state index is 0.361. The summed E-state index contributed by atoms with van der Waals surface area (Å²) in [6, 6.07) is 8.05. The first kappa shape index (κ1) is 15.4. The van der Waals surface area contributed by atoms with Gasteiger partial charge in [-0.2, -0.15) is 0 Å². The second kappa shape index (κ2) is 6.30. The van der Waals surface area contributed by atoms with Crippen molar-refractivity contribution in [3.05, 3.63) is 60.3 Å². The smallest absolute Gasteiger partial charge is 0.137 e. The highest BCUT2D eigenvalue weighted by molar-refractivity contribution is 7.76. The predicted octanol–water partition coefficient (Wildman–Crippen LogP) is 5.20. The fourth-order valence-electron chi connectivity index (χ4n) is 2.74. The number of rotatable bonds is 5. The van der Waals surface area contributed by atoms with Crippen LogP contribution in [0.4, 0.5) is 0 Å². The second-order valence-corrected chi connectivity index (χ2v) is 8.99. The standard InChI is InChI=1S/C19H23O2P/c1-19(2,3)12-11-15-7-4-8-16(15)22(17-9-5-13-20-17)18-10-6-14-21-18/h4-10,13-15H,11-12H2,1-3H3. The van der Waals surface area contributed by atoms with Crippen LogP contribution in [0.3, 0.4) is 0 Å². The molecule has 1 aliphatic carbocycles. The lowest BCUT2D eigenvalue weighted by Crippen LogP contribution is -2.15. The molecule has 0 aromatic carbocycles. The van der Waals surface area contributed by atoms with E-state index in [0.717, 1.165) is 11.0 Å². The van der Waals surface area contributed by atoms with E-state index in [-0.39, 0.29) is 0 Å². The van der Waals surface area contributed by atoms with Crippen molar-refractivity contribution < 1.29 is 8.83 Å². The fraction of sp³-hybridized carbons (Fsp3) is 0.368. The van der Waals surface area contributed by atoms with Crippen LogP contribution in [0.2, 0.25) is 0 Å². The Bertz CT molecular complexity index is 608. The lowest BCUT2D eigenvalue weighted by atomic mass is 9.87. The highest BCUT2D eigenvalue weighted by Gasteiger charge is 2.30. The molecule has 0 saturated heterocycles. The van der Waals surface area contributed by atoms with Gasteiger partial charge >= 0.3 is 0 Å². The van der Waals surface area contributed by atoms with Crippen LogP contribution < -0.4 is 11.0 Å². The van der Waals surface area contributed by atoms with Crippen molar-refractivity contribution in [2.24, 2.45) is 11.3 Å². The van der Waals surface area contributed by atoms with Crippen LogP contribution in [0, 0.1) is 11.3 Å². The van der Waals surface area contributed by atoms with Gasteiger partial charge in [0.25, 0.3) is 0 Å². The SMILES string of the molecule is CC(C)(C)CCC1C=CC=C1P(c1ccco1)c1ccco1.